The fourth-order valence-electron chi connectivity index (χ4n) is 2.54. The summed E-state index contributed by atoms with van der Waals surface area (Å²) in [5.41, 5.74) is 0.607. The maximum atomic E-state index is 12.4. The number of carbonyl (C=O) groups is 1. The van der Waals surface area contributed by atoms with Crippen LogP contribution in [-0.2, 0) is 7.05 Å². The minimum atomic E-state index is -0.550. The zero-order valence-corrected chi connectivity index (χ0v) is 17.0. The van der Waals surface area contributed by atoms with Crippen LogP contribution in [0, 0.1) is 20.2 Å². The summed E-state index contributed by atoms with van der Waals surface area (Å²) in [4.78, 5) is 33.8. The molecule has 0 aliphatic rings. The number of nitrogens with zero attached hydrogens (tertiary/aromatic N) is 5. The summed E-state index contributed by atoms with van der Waals surface area (Å²) in [5, 5.41) is 35.9. The Morgan fingerprint density at radius 1 is 1.10 bits per heavy atom. The molecule has 3 rings (SSSR count). The summed E-state index contributed by atoms with van der Waals surface area (Å²) in [6.07, 6.45) is 1.49. The van der Waals surface area contributed by atoms with Crippen LogP contribution in [0.1, 0.15) is 10.4 Å². The molecule has 0 saturated heterocycles. The predicted molar refractivity (Wildman–Crippen MR) is 112 cm³/mol. The van der Waals surface area contributed by atoms with E-state index in [0.717, 1.165) is 11.8 Å². The van der Waals surface area contributed by atoms with Gasteiger partial charge in [-0.25, -0.2) is 0 Å². The van der Waals surface area contributed by atoms with E-state index in [1.807, 2.05) is 0 Å². The fraction of sp³-hybridized carbons (Fsp3) is 0.167. The van der Waals surface area contributed by atoms with Crippen molar-refractivity contribution in [3.8, 4) is 0 Å². The molecule has 0 aliphatic heterocycles. The van der Waals surface area contributed by atoms with Crippen molar-refractivity contribution in [2.24, 2.45) is 7.05 Å². The van der Waals surface area contributed by atoms with Crippen molar-refractivity contribution in [1.29, 1.82) is 0 Å². The largest absolute Gasteiger partial charge is 0.383 e. The summed E-state index contributed by atoms with van der Waals surface area (Å²) < 4.78 is 1.63. The lowest BCUT2D eigenvalue weighted by Gasteiger charge is -2.09. The molecular weight excluding hydrogens is 426 g/mol. The molecule has 0 atom stereocenters. The summed E-state index contributed by atoms with van der Waals surface area (Å²) in [7, 11) is 1.72. The normalized spacial score (nSPS) is 10.5. The molecule has 0 saturated carbocycles. The van der Waals surface area contributed by atoms with Crippen molar-refractivity contribution in [2.45, 2.75) is 10.1 Å². The van der Waals surface area contributed by atoms with Crippen LogP contribution in [-0.4, -0.2) is 43.6 Å². The second-order valence-corrected chi connectivity index (χ2v) is 7.26. The monoisotopic (exact) mass is 443 g/mol. The van der Waals surface area contributed by atoms with Crippen LogP contribution in [0.15, 0.2) is 58.8 Å². The van der Waals surface area contributed by atoms with Crippen molar-refractivity contribution >= 4 is 34.7 Å². The van der Waals surface area contributed by atoms with Crippen molar-refractivity contribution in [2.75, 3.05) is 18.4 Å². The average Bonchev–Trinajstić information content (AvgIpc) is 3.15. The van der Waals surface area contributed by atoms with Gasteiger partial charge in [0.25, 0.3) is 17.3 Å². The number of benzene rings is 2. The van der Waals surface area contributed by atoms with Gasteiger partial charge in [0, 0.05) is 49.6 Å². The number of non-ortho nitro benzene ring substituents is 1. The molecule has 160 valence electrons. The number of rotatable bonds is 9. The molecule has 1 aromatic heterocycles. The van der Waals surface area contributed by atoms with E-state index >= 15 is 0 Å². The van der Waals surface area contributed by atoms with E-state index in [2.05, 4.69) is 20.8 Å². The Labute approximate surface area is 180 Å². The first kappa shape index (κ1) is 21.7. The Hall–Kier alpha value is -4.00. The van der Waals surface area contributed by atoms with Crippen LogP contribution in [0.2, 0.25) is 0 Å². The molecule has 31 heavy (non-hydrogen) atoms. The Bertz CT molecular complexity index is 1120. The number of amides is 1. The summed E-state index contributed by atoms with van der Waals surface area (Å²) in [5.74, 6) is -0.455. The highest BCUT2D eigenvalue weighted by molar-refractivity contribution is 7.99. The topological polar surface area (TPSA) is 158 Å². The van der Waals surface area contributed by atoms with Crippen molar-refractivity contribution in [1.82, 2.24) is 20.1 Å². The molecule has 0 spiro atoms. The fourth-order valence-corrected chi connectivity index (χ4v) is 3.39. The van der Waals surface area contributed by atoms with Crippen LogP contribution >= 0.6 is 11.8 Å². The lowest BCUT2D eigenvalue weighted by molar-refractivity contribution is -0.387. The number of hydrogen-bond acceptors (Lipinski definition) is 9. The Morgan fingerprint density at radius 3 is 2.45 bits per heavy atom. The SMILES string of the molecule is Cn1cnnc1Sc1ccc(C(=O)NCCNc2ccc([N+](=O)[O-])cc2)cc1[N+](=O)[O-]. The number of aromatic nitrogens is 3. The number of hydrogen-bond donors (Lipinski definition) is 2. The molecule has 1 heterocycles. The van der Waals surface area contributed by atoms with Crippen LogP contribution in [0.3, 0.4) is 0 Å². The highest BCUT2D eigenvalue weighted by Gasteiger charge is 2.20. The van der Waals surface area contributed by atoms with Gasteiger partial charge in [-0.3, -0.25) is 25.0 Å². The zero-order chi connectivity index (χ0) is 22.4. The van der Waals surface area contributed by atoms with Gasteiger partial charge in [-0.15, -0.1) is 10.2 Å². The molecule has 13 heteroatoms. The van der Waals surface area contributed by atoms with Gasteiger partial charge < -0.3 is 15.2 Å². The first-order valence-electron chi connectivity index (χ1n) is 8.92. The van der Waals surface area contributed by atoms with Crippen molar-refractivity contribution < 1.29 is 14.6 Å². The third-order valence-corrected chi connectivity index (χ3v) is 5.22. The van der Waals surface area contributed by atoms with E-state index in [4.69, 9.17) is 0 Å². The van der Waals surface area contributed by atoms with Gasteiger partial charge in [-0.1, -0.05) is 0 Å². The van der Waals surface area contributed by atoms with E-state index in [1.54, 1.807) is 23.7 Å². The van der Waals surface area contributed by atoms with E-state index < -0.39 is 15.8 Å². The Balaban J connectivity index is 1.58. The van der Waals surface area contributed by atoms with Gasteiger partial charge in [0.2, 0.25) is 0 Å². The molecule has 2 aromatic carbocycles. The Morgan fingerprint density at radius 2 is 1.84 bits per heavy atom. The standard InChI is InChI=1S/C18H17N7O5S/c1-23-11-21-22-18(23)31-16-7-2-12(10-15(16)25(29)30)17(26)20-9-8-19-13-3-5-14(6-4-13)24(27)28/h2-7,10-11,19H,8-9H2,1H3,(H,20,26). The molecular formula is C18H17N7O5S. The average molecular weight is 443 g/mol. The minimum absolute atomic E-state index is 0.0127. The minimum Gasteiger partial charge on any atom is -0.383 e. The van der Waals surface area contributed by atoms with E-state index in [9.17, 15) is 25.0 Å². The highest BCUT2D eigenvalue weighted by Crippen LogP contribution is 2.34. The molecule has 2 N–H and O–H groups in total. The first-order chi connectivity index (χ1) is 14.8. The summed E-state index contributed by atoms with van der Waals surface area (Å²) in [6.45, 7) is 0.616. The van der Waals surface area contributed by atoms with Gasteiger partial charge in [0.1, 0.15) is 6.33 Å². The lowest BCUT2D eigenvalue weighted by Crippen LogP contribution is -2.28. The smallest absolute Gasteiger partial charge is 0.284 e. The lowest BCUT2D eigenvalue weighted by atomic mass is 10.2. The zero-order valence-electron chi connectivity index (χ0n) is 16.2. The van der Waals surface area contributed by atoms with Gasteiger partial charge in [-0.2, -0.15) is 0 Å². The van der Waals surface area contributed by atoms with Crippen LogP contribution in [0.4, 0.5) is 17.1 Å². The second kappa shape index (κ2) is 9.67. The molecule has 0 bridgehead atoms. The first-order valence-corrected chi connectivity index (χ1v) is 9.73. The highest BCUT2D eigenvalue weighted by atomic mass is 32.2. The quantitative estimate of drug-likeness (QED) is 0.288. The molecule has 0 fully saturated rings. The van der Waals surface area contributed by atoms with E-state index in [0.29, 0.717) is 22.3 Å². The number of nitro benzene ring substituents is 2. The van der Waals surface area contributed by atoms with Gasteiger partial charge in [-0.05, 0) is 36.0 Å². The molecule has 0 radical (unpaired) electrons. The van der Waals surface area contributed by atoms with Gasteiger partial charge in [0.05, 0.1) is 14.7 Å². The van der Waals surface area contributed by atoms with E-state index in [-0.39, 0.29) is 23.5 Å². The molecule has 3 aromatic rings. The number of nitro groups is 2. The van der Waals surface area contributed by atoms with E-state index in [1.165, 1.54) is 36.7 Å². The number of nitrogens with one attached hydrogen (secondary N) is 2. The van der Waals surface area contributed by atoms with Crippen molar-refractivity contribution in [3.63, 3.8) is 0 Å². The molecule has 12 nitrogen and oxygen atoms in total. The molecule has 0 aliphatic carbocycles. The van der Waals surface area contributed by atoms with Gasteiger partial charge in [0.15, 0.2) is 5.16 Å². The maximum absolute atomic E-state index is 12.4. The van der Waals surface area contributed by atoms with Crippen LogP contribution < -0.4 is 10.6 Å². The van der Waals surface area contributed by atoms with Crippen LogP contribution in [0.5, 0.6) is 0 Å². The van der Waals surface area contributed by atoms with Crippen LogP contribution in [0.25, 0.3) is 0 Å². The molecule has 1 amide bonds. The molecule has 0 unspecified atom stereocenters. The Kier molecular flexibility index (Phi) is 6.77. The second-order valence-electron chi connectivity index (χ2n) is 6.25. The number of carbonyl (C=O) groups excluding carboxylic acids is 1. The summed E-state index contributed by atoms with van der Waals surface area (Å²) >= 11 is 1.08. The summed E-state index contributed by atoms with van der Waals surface area (Å²) in [6, 6.07) is 10.1. The van der Waals surface area contributed by atoms with Crippen molar-refractivity contribution in [3.05, 3.63) is 74.6 Å². The van der Waals surface area contributed by atoms with Gasteiger partial charge >= 0.3 is 0 Å². The maximum Gasteiger partial charge on any atom is 0.284 e. The number of aryl methyl sites for hydroxylation is 1. The number of anilines is 1. The predicted octanol–water partition coefficient (Wildman–Crippen LogP) is 2.62. The third-order valence-electron chi connectivity index (χ3n) is 4.11. The third kappa shape index (κ3) is 5.54.